The van der Waals surface area contributed by atoms with Gasteiger partial charge in [0.2, 0.25) is 0 Å². The number of carbonyl (C=O) groups excluding carboxylic acids is 2. The highest BCUT2D eigenvalue weighted by molar-refractivity contribution is 5.83. The van der Waals surface area contributed by atoms with E-state index >= 15 is 0 Å². The third-order valence-corrected chi connectivity index (χ3v) is 2.13. The first-order valence-electron chi connectivity index (χ1n) is 5.03. The third-order valence-electron chi connectivity index (χ3n) is 2.13. The van der Waals surface area contributed by atoms with Crippen LogP contribution in [0.2, 0.25) is 0 Å². The Morgan fingerprint density at radius 1 is 1.11 bits per heavy atom. The van der Waals surface area contributed by atoms with Crippen molar-refractivity contribution in [2.75, 3.05) is 0 Å². The van der Waals surface area contributed by atoms with Gasteiger partial charge in [-0.05, 0) is 24.5 Å². The molecule has 18 heavy (non-hydrogen) atoms. The smallest absolute Gasteiger partial charge is 0.376 e. The second kappa shape index (κ2) is 6.04. The van der Waals surface area contributed by atoms with Gasteiger partial charge in [0.05, 0.1) is 0 Å². The van der Waals surface area contributed by atoms with Gasteiger partial charge in [-0.15, -0.1) is 0 Å². The molecule has 0 saturated carbocycles. The Balaban J connectivity index is 2.52. The zero-order valence-corrected chi connectivity index (χ0v) is 9.21. The lowest BCUT2D eigenvalue weighted by molar-refractivity contribution is -0.137. The fourth-order valence-electron chi connectivity index (χ4n) is 1.34. The molecule has 0 atom stereocenters. The van der Waals surface area contributed by atoms with E-state index in [4.69, 9.17) is 0 Å². The lowest BCUT2D eigenvalue weighted by Gasteiger charge is -2.04. The number of rotatable bonds is 4. The summed E-state index contributed by atoms with van der Waals surface area (Å²) < 4.78 is 42.6. The van der Waals surface area contributed by atoms with Crippen LogP contribution in [-0.4, -0.2) is 12.1 Å². The number of hydrogen-bond acceptors (Lipinski definition) is 3. The summed E-state index contributed by atoms with van der Waals surface area (Å²) in [4.78, 5) is 21.1. The molecule has 0 saturated heterocycles. The zero-order valence-electron chi connectivity index (χ0n) is 9.21. The number of primary amides is 1. The molecule has 0 spiro atoms. The van der Waals surface area contributed by atoms with Crippen LogP contribution in [0.25, 0.3) is 0 Å². The molecular weight excluding hydrogens is 251 g/mol. The molecule has 7 heteroatoms. The van der Waals surface area contributed by atoms with Crippen molar-refractivity contribution < 1.29 is 27.5 Å². The van der Waals surface area contributed by atoms with Gasteiger partial charge in [-0.1, -0.05) is 0 Å². The molecule has 1 aromatic rings. The van der Waals surface area contributed by atoms with Crippen LogP contribution in [0.15, 0.2) is 12.1 Å². The lowest BCUT2D eigenvalue weighted by atomic mass is 10.1. The van der Waals surface area contributed by atoms with Crippen molar-refractivity contribution in [3.05, 3.63) is 35.1 Å². The number of aryl methyl sites for hydroxylation is 1. The molecule has 1 amide bonds. The number of esters is 1. The number of benzene rings is 1. The van der Waals surface area contributed by atoms with Crippen molar-refractivity contribution in [3.63, 3.8) is 0 Å². The molecule has 0 fully saturated rings. The molecule has 1 rings (SSSR count). The first-order valence-corrected chi connectivity index (χ1v) is 5.03. The normalized spacial score (nSPS) is 10.2. The predicted octanol–water partition coefficient (Wildman–Crippen LogP) is 2.05. The molecule has 98 valence electrons. The number of hydrogen-bond donors (Lipinski definition) is 1. The Morgan fingerprint density at radius 3 is 2.33 bits per heavy atom. The van der Waals surface area contributed by atoms with Crippen LogP contribution in [0, 0.1) is 17.5 Å². The summed E-state index contributed by atoms with van der Waals surface area (Å²) in [5.74, 6) is -4.18. The zero-order chi connectivity index (χ0) is 13.7. The average molecular weight is 261 g/mol. The van der Waals surface area contributed by atoms with E-state index in [1.807, 2.05) is 0 Å². The van der Waals surface area contributed by atoms with Crippen molar-refractivity contribution in [2.45, 2.75) is 19.3 Å². The van der Waals surface area contributed by atoms with Crippen LogP contribution in [0.1, 0.15) is 18.4 Å². The molecule has 0 heterocycles. The van der Waals surface area contributed by atoms with Crippen molar-refractivity contribution in [1.29, 1.82) is 0 Å². The van der Waals surface area contributed by atoms with E-state index in [0.29, 0.717) is 6.07 Å². The summed E-state index contributed by atoms with van der Waals surface area (Å²) >= 11 is 0. The summed E-state index contributed by atoms with van der Waals surface area (Å²) in [5.41, 5.74) is 4.55. The van der Waals surface area contributed by atoms with E-state index < -0.39 is 29.5 Å². The molecule has 0 radical (unpaired) electrons. The highest BCUT2D eigenvalue weighted by Gasteiger charge is 2.11. The molecule has 0 aliphatic carbocycles. The summed E-state index contributed by atoms with van der Waals surface area (Å²) in [6, 6.07) is 1.16. The van der Waals surface area contributed by atoms with E-state index in [1.165, 1.54) is 0 Å². The third kappa shape index (κ3) is 4.08. The maximum atomic E-state index is 13.2. The fourth-order valence-corrected chi connectivity index (χ4v) is 1.34. The molecule has 4 nitrogen and oxygen atoms in total. The number of nitrogens with two attached hydrogens (primary N) is 1. The van der Waals surface area contributed by atoms with Gasteiger partial charge in [0.15, 0.2) is 11.6 Å². The number of amides is 1. The topological polar surface area (TPSA) is 69.4 Å². The van der Waals surface area contributed by atoms with E-state index in [2.05, 4.69) is 10.5 Å². The minimum atomic E-state index is -1.27. The minimum absolute atomic E-state index is 0.0108. The highest BCUT2D eigenvalue weighted by Crippen LogP contribution is 2.15. The van der Waals surface area contributed by atoms with Crippen LogP contribution in [0.3, 0.4) is 0 Å². The number of carbonyl (C=O) groups is 2. The second-order valence-electron chi connectivity index (χ2n) is 3.50. The summed E-state index contributed by atoms with van der Waals surface area (Å²) in [6.07, 6.45) is -1.27. The summed E-state index contributed by atoms with van der Waals surface area (Å²) in [6.45, 7) is 0. The molecule has 0 aromatic heterocycles. The van der Waals surface area contributed by atoms with Gasteiger partial charge >= 0.3 is 12.1 Å². The van der Waals surface area contributed by atoms with Gasteiger partial charge in [-0.2, -0.15) is 0 Å². The Morgan fingerprint density at radius 2 is 1.72 bits per heavy atom. The van der Waals surface area contributed by atoms with Gasteiger partial charge in [-0.3, -0.25) is 4.79 Å². The van der Waals surface area contributed by atoms with Crippen LogP contribution in [-0.2, 0) is 16.0 Å². The predicted molar refractivity (Wildman–Crippen MR) is 54.9 cm³/mol. The van der Waals surface area contributed by atoms with Crippen LogP contribution in [0.5, 0.6) is 0 Å². The maximum absolute atomic E-state index is 13.2. The Kier molecular flexibility index (Phi) is 4.70. The standard InChI is InChI=1S/C11H10F3NO3/c12-7-5-9(14)8(13)4-6(7)2-1-3-10(16)18-11(15)17/h4-5H,1-3H2,(H2,15,17). The van der Waals surface area contributed by atoms with Crippen LogP contribution >= 0.6 is 0 Å². The first-order chi connectivity index (χ1) is 8.40. The van der Waals surface area contributed by atoms with Crippen LogP contribution < -0.4 is 5.73 Å². The molecule has 0 aliphatic heterocycles. The fraction of sp³-hybridized carbons (Fsp3) is 0.273. The SMILES string of the molecule is NC(=O)OC(=O)CCCc1cc(F)c(F)cc1F. The Labute approximate surface area is 101 Å². The lowest BCUT2D eigenvalue weighted by Crippen LogP contribution is -2.18. The van der Waals surface area contributed by atoms with Crippen LogP contribution in [0.4, 0.5) is 18.0 Å². The monoisotopic (exact) mass is 261 g/mol. The maximum Gasteiger partial charge on any atom is 0.412 e. The summed E-state index contributed by atoms with van der Waals surface area (Å²) in [7, 11) is 0. The van der Waals surface area contributed by atoms with Gasteiger partial charge in [-0.25, -0.2) is 18.0 Å². The van der Waals surface area contributed by atoms with E-state index in [0.717, 1.165) is 6.07 Å². The van der Waals surface area contributed by atoms with E-state index in [9.17, 15) is 22.8 Å². The van der Waals surface area contributed by atoms with Gasteiger partial charge in [0.25, 0.3) is 0 Å². The van der Waals surface area contributed by atoms with Crippen molar-refractivity contribution in [3.8, 4) is 0 Å². The molecule has 0 aliphatic rings. The quantitative estimate of drug-likeness (QED) is 0.512. The highest BCUT2D eigenvalue weighted by atomic mass is 19.2. The van der Waals surface area contributed by atoms with Crippen molar-refractivity contribution >= 4 is 12.1 Å². The van der Waals surface area contributed by atoms with Crippen molar-refractivity contribution in [1.82, 2.24) is 0 Å². The molecule has 1 aromatic carbocycles. The Hall–Kier alpha value is -2.05. The first kappa shape index (κ1) is 14.0. The average Bonchev–Trinajstić information content (AvgIpc) is 2.24. The summed E-state index contributed by atoms with van der Waals surface area (Å²) in [5, 5.41) is 0. The number of halogens is 3. The van der Waals surface area contributed by atoms with E-state index in [-0.39, 0.29) is 24.8 Å². The number of ether oxygens (including phenoxy) is 1. The van der Waals surface area contributed by atoms with E-state index in [1.54, 1.807) is 0 Å². The Bertz CT molecular complexity index is 477. The molecule has 2 N–H and O–H groups in total. The minimum Gasteiger partial charge on any atom is -0.376 e. The molecule has 0 unspecified atom stereocenters. The van der Waals surface area contributed by atoms with Gasteiger partial charge in [0, 0.05) is 12.5 Å². The largest absolute Gasteiger partial charge is 0.412 e. The second-order valence-corrected chi connectivity index (χ2v) is 3.50. The van der Waals surface area contributed by atoms with Gasteiger partial charge < -0.3 is 10.5 Å². The molecule has 0 bridgehead atoms. The molecular formula is C11H10F3NO3. The van der Waals surface area contributed by atoms with Crippen molar-refractivity contribution in [2.24, 2.45) is 5.73 Å². The van der Waals surface area contributed by atoms with Gasteiger partial charge in [0.1, 0.15) is 5.82 Å².